The molecular weight excluding hydrogens is 392 g/mol. The van der Waals surface area contributed by atoms with Crippen LogP contribution in [0.4, 0.5) is 11.4 Å². The number of hydrogen-bond donors (Lipinski definition) is 1. The molecule has 2 aliphatic heterocycles. The van der Waals surface area contributed by atoms with E-state index in [1.807, 2.05) is 13.0 Å². The average molecular weight is 421 g/mol. The zero-order valence-electron chi connectivity index (χ0n) is 18.3. The SMILES string of the molecule is CC1=C(C#N)C(c2ccc(N3CCCCC3)c([N+](=O)[O-])c2)C2=C(CC(C)(C)CC2=O)N1. The number of benzene rings is 1. The molecule has 2 heterocycles. The molecular formula is C24H28N4O3. The van der Waals surface area contributed by atoms with Gasteiger partial charge in [0.05, 0.1) is 22.5 Å². The normalized spacial score (nSPS) is 23.2. The third-order valence-corrected chi connectivity index (χ3v) is 6.59. The fourth-order valence-electron chi connectivity index (χ4n) is 5.19. The van der Waals surface area contributed by atoms with E-state index in [2.05, 4.69) is 30.1 Å². The number of piperidine rings is 1. The molecule has 1 atom stereocenters. The van der Waals surface area contributed by atoms with E-state index in [0.29, 0.717) is 40.9 Å². The van der Waals surface area contributed by atoms with Gasteiger partial charge in [-0.3, -0.25) is 14.9 Å². The Hall–Kier alpha value is -3.14. The van der Waals surface area contributed by atoms with E-state index in [4.69, 9.17) is 0 Å². The van der Waals surface area contributed by atoms with Crippen LogP contribution in [0.3, 0.4) is 0 Å². The number of nitrogens with one attached hydrogen (secondary N) is 1. The van der Waals surface area contributed by atoms with E-state index < -0.39 is 5.92 Å². The number of nitro groups is 1. The summed E-state index contributed by atoms with van der Waals surface area (Å²) in [6, 6.07) is 7.48. The molecule has 31 heavy (non-hydrogen) atoms. The number of nitrogens with zero attached hydrogens (tertiary/aromatic N) is 3. The van der Waals surface area contributed by atoms with Crippen molar-refractivity contribution in [3.05, 3.63) is 56.4 Å². The number of carbonyl (C=O) groups excluding carboxylic acids is 1. The maximum atomic E-state index is 13.2. The largest absolute Gasteiger partial charge is 0.366 e. The first kappa shape index (κ1) is 21.1. The second-order valence-corrected chi connectivity index (χ2v) is 9.59. The van der Waals surface area contributed by atoms with E-state index in [-0.39, 0.29) is 21.8 Å². The van der Waals surface area contributed by atoms with Gasteiger partial charge < -0.3 is 10.2 Å². The molecule has 1 aromatic rings. The lowest BCUT2D eigenvalue weighted by atomic mass is 9.69. The molecule has 0 bridgehead atoms. The Morgan fingerprint density at radius 2 is 1.94 bits per heavy atom. The van der Waals surface area contributed by atoms with Crippen LogP contribution in [0.1, 0.15) is 64.4 Å². The highest BCUT2D eigenvalue weighted by Crippen LogP contribution is 2.47. The van der Waals surface area contributed by atoms with Crippen molar-refractivity contribution < 1.29 is 9.72 Å². The summed E-state index contributed by atoms with van der Waals surface area (Å²) in [7, 11) is 0. The number of carbonyl (C=O) groups is 1. The lowest BCUT2D eigenvalue weighted by Gasteiger charge is -2.38. The van der Waals surface area contributed by atoms with E-state index >= 15 is 0 Å². The first-order chi connectivity index (χ1) is 14.7. The third kappa shape index (κ3) is 3.83. The number of ketones is 1. The summed E-state index contributed by atoms with van der Waals surface area (Å²) in [6.07, 6.45) is 4.29. The molecule has 0 amide bonds. The standard InChI is InChI=1S/C24H28N4O3/c1-15-17(14-25)22(23-18(26-15)12-24(2,3)13-21(23)29)16-7-8-19(20(11-16)28(30)31)27-9-5-4-6-10-27/h7-8,11,22,26H,4-6,9-10,12-13H2,1-3H3. The summed E-state index contributed by atoms with van der Waals surface area (Å²) in [5.41, 5.74) is 3.71. The molecule has 1 saturated heterocycles. The lowest BCUT2D eigenvalue weighted by molar-refractivity contribution is -0.384. The highest BCUT2D eigenvalue weighted by Gasteiger charge is 2.41. The Morgan fingerprint density at radius 1 is 1.23 bits per heavy atom. The third-order valence-electron chi connectivity index (χ3n) is 6.59. The molecule has 7 nitrogen and oxygen atoms in total. The molecule has 7 heteroatoms. The van der Waals surface area contributed by atoms with E-state index in [0.717, 1.165) is 38.0 Å². The number of dihydropyridines is 1. The molecule has 1 unspecified atom stereocenters. The minimum Gasteiger partial charge on any atom is -0.366 e. The molecule has 3 aliphatic rings. The van der Waals surface area contributed by atoms with Crippen LogP contribution in [0.15, 0.2) is 40.7 Å². The number of nitriles is 1. The van der Waals surface area contributed by atoms with Crippen LogP contribution in [0.5, 0.6) is 0 Å². The van der Waals surface area contributed by atoms with Gasteiger partial charge in [0.2, 0.25) is 0 Å². The van der Waals surface area contributed by atoms with Gasteiger partial charge in [-0.1, -0.05) is 19.9 Å². The van der Waals surface area contributed by atoms with Crippen molar-refractivity contribution in [1.29, 1.82) is 5.26 Å². The van der Waals surface area contributed by atoms with Crippen LogP contribution in [0.2, 0.25) is 0 Å². The van der Waals surface area contributed by atoms with Crippen molar-refractivity contribution in [2.24, 2.45) is 5.41 Å². The van der Waals surface area contributed by atoms with Crippen molar-refractivity contribution in [3.63, 3.8) is 0 Å². The molecule has 0 saturated carbocycles. The van der Waals surface area contributed by atoms with Gasteiger partial charge in [0, 0.05) is 42.5 Å². The summed E-state index contributed by atoms with van der Waals surface area (Å²) < 4.78 is 0. The Labute approximate surface area is 182 Å². The summed E-state index contributed by atoms with van der Waals surface area (Å²) in [5.74, 6) is -0.564. The first-order valence-electron chi connectivity index (χ1n) is 10.9. The van der Waals surface area contributed by atoms with Crippen molar-refractivity contribution in [2.45, 2.75) is 58.8 Å². The Morgan fingerprint density at radius 3 is 2.58 bits per heavy atom. The molecule has 0 radical (unpaired) electrons. The summed E-state index contributed by atoms with van der Waals surface area (Å²) in [6.45, 7) is 7.56. The second-order valence-electron chi connectivity index (χ2n) is 9.59. The number of Topliss-reactive ketones (excluding diaryl/α,β-unsaturated/α-hetero) is 1. The fourth-order valence-corrected chi connectivity index (χ4v) is 5.19. The number of anilines is 1. The first-order valence-corrected chi connectivity index (χ1v) is 10.9. The van der Waals surface area contributed by atoms with Gasteiger partial charge in [-0.25, -0.2) is 0 Å². The average Bonchev–Trinajstić information content (AvgIpc) is 2.72. The van der Waals surface area contributed by atoms with Gasteiger partial charge in [-0.2, -0.15) is 5.26 Å². The molecule has 1 aromatic carbocycles. The summed E-state index contributed by atoms with van der Waals surface area (Å²) in [5, 5.41) is 25.1. The number of nitro benzene ring substituents is 1. The molecule has 4 rings (SSSR count). The molecule has 1 fully saturated rings. The maximum absolute atomic E-state index is 13.2. The molecule has 1 N–H and O–H groups in total. The van der Waals surface area contributed by atoms with E-state index in [9.17, 15) is 20.2 Å². The van der Waals surface area contributed by atoms with Crippen molar-refractivity contribution >= 4 is 17.2 Å². The second kappa shape index (κ2) is 7.84. The van der Waals surface area contributed by atoms with Crippen LogP contribution in [-0.4, -0.2) is 23.8 Å². The van der Waals surface area contributed by atoms with Crippen LogP contribution in [0, 0.1) is 26.9 Å². The highest BCUT2D eigenvalue weighted by atomic mass is 16.6. The number of rotatable bonds is 3. The smallest absolute Gasteiger partial charge is 0.292 e. The quantitative estimate of drug-likeness (QED) is 0.561. The highest BCUT2D eigenvalue weighted by molar-refractivity contribution is 6.00. The number of allylic oxidation sites excluding steroid dienone is 4. The number of hydrogen-bond acceptors (Lipinski definition) is 6. The molecule has 0 aromatic heterocycles. The fraction of sp³-hybridized carbons (Fsp3) is 0.500. The minimum atomic E-state index is -0.570. The van der Waals surface area contributed by atoms with Crippen LogP contribution < -0.4 is 10.2 Å². The van der Waals surface area contributed by atoms with Gasteiger partial charge >= 0.3 is 0 Å². The minimum absolute atomic E-state index is 0.00626. The Kier molecular flexibility index (Phi) is 5.34. The van der Waals surface area contributed by atoms with Crippen molar-refractivity contribution in [1.82, 2.24) is 5.32 Å². The predicted octanol–water partition coefficient (Wildman–Crippen LogP) is 4.71. The molecule has 0 spiro atoms. The van der Waals surface area contributed by atoms with E-state index in [1.54, 1.807) is 12.1 Å². The van der Waals surface area contributed by atoms with Gasteiger partial charge in [0.1, 0.15) is 5.69 Å². The summed E-state index contributed by atoms with van der Waals surface area (Å²) in [4.78, 5) is 26.8. The lowest BCUT2D eigenvalue weighted by Crippen LogP contribution is -2.37. The van der Waals surface area contributed by atoms with Gasteiger partial charge in [-0.15, -0.1) is 0 Å². The topological polar surface area (TPSA) is 99.3 Å². The van der Waals surface area contributed by atoms with Gasteiger partial charge in [0.25, 0.3) is 5.69 Å². The van der Waals surface area contributed by atoms with Crippen LogP contribution in [-0.2, 0) is 4.79 Å². The van der Waals surface area contributed by atoms with Crippen LogP contribution in [0.25, 0.3) is 0 Å². The van der Waals surface area contributed by atoms with Gasteiger partial charge in [0.15, 0.2) is 5.78 Å². The zero-order chi connectivity index (χ0) is 22.3. The van der Waals surface area contributed by atoms with Gasteiger partial charge in [-0.05, 0) is 49.7 Å². The van der Waals surface area contributed by atoms with Crippen molar-refractivity contribution in [2.75, 3.05) is 18.0 Å². The van der Waals surface area contributed by atoms with E-state index in [1.165, 1.54) is 0 Å². The monoisotopic (exact) mass is 420 g/mol. The van der Waals surface area contributed by atoms with Crippen molar-refractivity contribution in [3.8, 4) is 6.07 Å². The Bertz CT molecular complexity index is 1060. The predicted molar refractivity (Wildman–Crippen MR) is 118 cm³/mol. The maximum Gasteiger partial charge on any atom is 0.292 e. The molecule has 162 valence electrons. The zero-order valence-corrected chi connectivity index (χ0v) is 18.3. The summed E-state index contributed by atoms with van der Waals surface area (Å²) >= 11 is 0. The Balaban J connectivity index is 1.84. The van der Waals surface area contributed by atoms with Crippen LogP contribution >= 0.6 is 0 Å². The molecule has 1 aliphatic carbocycles.